The summed E-state index contributed by atoms with van der Waals surface area (Å²) in [6, 6.07) is 0. The van der Waals surface area contributed by atoms with Crippen molar-refractivity contribution in [2.75, 3.05) is 6.61 Å². The maximum atomic E-state index is 11.7. The molecule has 0 aliphatic heterocycles. The molecule has 15 heavy (non-hydrogen) atoms. The zero-order valence-corrected chi connectivity index (χ0v) is 10.6. The Labute approximate surface area is 94.4 Å². The fraction of sp³-hybridized carbons (Fsp3) is 0.923. The van der Waals surface area contributed by atoms with Crippen molar-refractivity contribution < 1.29 is 9.53 Å². The van der Waals surface area contributed by atoms with Gasteiger partial charge in [-0.3, -0.25) is 4.79 Å². The summed E-state index contributed by atoms with van der Waals surface area (Å²) in [4.78, 5) is 11.7. The second-order valence-electron chi connectivity index (χ2n) is 4.15. The molecule has 0 radical (unpaired) electrons. The first-order valence-electron chi connectivity index (χ1n) is 6.42. The van der Waals surface area contributed by atoms with E-state index in [0.29, 0.717) is 6.61 Å². The van der Waals surface area contributed by atoms with Gasteiger partial charge in [-0.2, -0.15) is 0 Å². The molecule has 0 fully saturated rings. The molecular weight excluding hydrogens is 188 g/mol. The lowest BCUT2D eigenvalue weighted by atomic mass is 9.97. The molecule has 1 unspecified atom stereocenters. The van der Waals surface area contributed by atoms with E-state index in [0.717, 1.165) is 32.1 Å². The Balaban J connectivity index is 3.83. The summed E-state index contributed by atoms with van der Waals surface area (Å²) in [6.45, 7) is 6.91. The minimum atomic E-state index is 0.0230. The predicted octanol–water partition coefficient (Wildman–Crippen LogP) is 3.94. The molecule has 0 aliphatic rings. The number of carbonyl (C=O) groups excluding carboxylic acids is 1. The molecule has 0 spiro atoms. The number of esters is 1. The van der Waals surface area contributed by atoms with Crippen molar-refractivity contribution in [1.29, 1.82) is 0 Å². The van der Waals surface area contributed by atoms with Gasteiger partial charge < -0.3 is 4.74 Å². The average Bonchev–Trinajstić information content (AvgIpc) is 2.25. The minimum Gasteiger partial charge on any atom is -0.465 e. The SMILES string of the molecule is CCCCCC(CCC)C(=O)OCCC. The third kappa shape index (κ3) is 7.40. The fourth-order valence-electron chi connectivity index (χ4n) is 1.69. The molecule has 0 saturated carbocycles. The molecule has 1 atom stereocenters. The first-order valence-corrected chi connectivity index (χ1v) is 6.42. The van der Waals surface area contributed by atoms with Gasteiger partial charge >= 0.3 is 5.97 Å². The van der Waals surface area contributed by atoms with Crippen molar-refractivity contribution in [2.45, 2.75) is 65.7 Å². The fourth-order valence-corrected chi connectivity index (χ4v) is 1.69. The van der Waals surface area contributed by atoms with E-state index in [1.165, 1.54) is 12.8 Å². The predicted molar refractivity (Wildman–Crippen MR) is 63.8 cm³/mol. The van der Waals surface area contributed by atoms with Crippen LogP contribution >= 0.6 is 0 Å². The summed E-state index contributed by atoms with van der Waals surface area (Å²) in [5, 5.41) is 0. The van der Waals surface area contributed by atoms with Crippen LogP contribution in [0.25, 0.3) is 0 Å². The molecule has 0 aliphatic carbocycles. The highest BCUT2D eigenvalue weighted by Crippen LogP contribution is 2.17. The summed E-state index contributed by atoms with van der Waals surface area (Å²) < 4.78 is 5.20. The molecule has 0 aromatic heterocycles. The number of hydrogen-bond donors (Lipinski definition) is 0. The monoisotopic (exact) mass is 214 g/mol. The summed E-state index contributed by atoms with van der Waals surface area (Å²) in [5.41, 5.74) is 0. The Morgan fingerprint density at radius 2 is 1.73 bits per heavy atom. The number of rotatable bonds is 9. The van der Waals surface area contributed by atoms with Crippen LogP contribution in [0.1, 0.15) is 65.7 Å². The zero-order valence-electron chi connectivity index (χ0n) is 10.6. The topological polar surface area (TPSA) is 26.3 Å². The second kappa shape index (κ2) is 10.0. The van der Waals surface area contributed by atoms with Crippen molar-refractivity contribution >= 4 is 5.97 Å². The first-order chi connectivity index (χ1) is 7.26. The molecule has 0 rings (SSSR count). The average molecular weight is 214 g/mol. The Morgan fingerprint density at radius 1 is 1.00 bits per heavy atom. The first kappa shape index (κ1) is 14.5. The van der Waals surface area contributed by atoms with E-state index in [9.17, 15) is 4.79 Å². The van der Waals surface area contributed by atoms with E-state index in [4.69, 9.17) is 4.74 Å². The van der Waals surface area contributed by atoms with E-state index < -0.39 is 0 Å². The molecule has 0 N–H and O–H groups in total. The standard InChI is InChI=1S/C13H26O2/c1-4-7-8-10-12(9-5-2)13(14)15-11-6-3/h12H,4-11H2,1-3H3. The van der Waals surface area contributed by atoms with E-state index >= 15 is 0 Å². The van der Waals surface area contributed by atoms with Gasteiger partial charge in [0, 0.05) is 0 Å². The van der Waals surface area contributed by atoms with E-state index in [1.54, 1.807) is 0 Å². The van der Waals surface area contributed by atoms with Crippen molar-refractivity contribution in [1.82, 2.24) is 0 Å². The molecule has 90 valence electrons. The van der Waals surface area contributed by atoms with Gasteiger partial charge in [0.15, 0.2) is 0 Å². The molecule has 0 heterocycles. The highest BCUT2D eigenvalue weighted by molar-refractivity contribution is 5.72. The third-order valence-corrected chi connectivity index (χ3v) is 2.58. The number of hydrogen-bond acceptors (Lipinski definition) is 2. The Kier molecular flexibility index (Phi) is 9.65. The van der Waals surface area contributed by atoms with Gasteiger partial charge in [0.05, 0.1) is 12.5 Å². The second-order valence-corrected chi connectivity index (χ2v) is 4.15. The quantitative estimate of drug-likeness (QED) is 0.429. The van der Waals surface area contributed by atoms with Gasteiger partial charge in [0.25, 0.3) is 0 Å². The van der Waals surface area contributed by atoms with Gasteiger partial charge in [0.2, 0.25) is 0 Å². The van der Waals surface area contributed by atoms with Crippen LogP contribution < -0.4 is 0 Å². The van der Waals surface area contributed by atoms with Gasteiger partial charge in [0.1, 0.15) is 0 Å². The van der Waals surface area contributed by atoms with Crippen LogP contribution in [-0.2, 0) is 9.53 Å². The molecule has 0 bridgehead atoms. The Bertz CT molecular complexity index is 155. The molecular formula is C13H26O2. The summed E-state index contributed by atoms with van der Waals surface area (Å²) in [7, 11) is 0. The summed E-state index contributed by atoms with van der Waals surface area (Å²) in [5.74, 6) is 0.169. The summed E-state index contributed by atoms with van der Waals surface area (Å²) in [6.07, 6.45) is 7.56. The van der Waals surface area contributed by atoms with Crippen molar-refractivity contribution in [3.05, 3.63) is 0 Å². The van der Waals surface area contributed by atoms with Crippen LogP contribution in [-0.4, -0.2) is 12.6 Å². The van der Waals surface area contributed by atoms with E-state index in [1.807, 2.05) is 6.92 Å². The lowest BCUT2D eigenvalue weighted by Gasteiger charge is -2.14. The van der Waals surface area contributed by atoms with Crippen molar-refractivity contribution in [3.8, 4) is 0 Å². The van der Waals surface area contributed by atoms with Crippen LogP contribution in [0.5, 0.6) is 0 Å². The third-order valence-electron chi connectivity index (χ3n) is 2.58. The Hall–Kier alpha value is -0.530. The molecule has 2 heteroatoms. The molecule has 0 aromatic rings. The number of unbranched alkanes of at least 4 members (excludes halogenated alkanes) is 2. The van der Waals surface area contributed by atoms with Crippen molar-refractivity contribution in [2.24, 2.45) is 5.92 Å². The van der Waals surface area contributed by atoms with Crippen LogP contribution in [0.2, 0.25) is 0 Å². The summed E-state index contributed by atoms with van der Waals surface area (Å²) >= 11 is 0. The van der Waals surface area contributed by atoms with Crippen molar-refractivity contribution in [3.63, 3.8) is 0 Å². The number of carbonyl (C=O) groups is 1. The van der Waals surface area contributed by atoms with Gasteiger partial charge in [-0.25, -0.2) is 0 Å². The molecule has 0 aromatic carbocycles. The highest BCUT2D eigenvalue weighted by Gasteiger charge is 2.17. The maximum absolute atomic E-state index is 11.7. The minimum absolute atomic E-state index is 0.0230. The lowest BCUT2D eigenvalue weighted by molar-refractivity contribution is -0.149. The van der Waals surface area contributed by atoms with Crippen LogP contribution in [0.15, 0.2) is 0 Å². The number of ether oxygens (including phenoxy) is 1. The molecule has 0 saturated heterocycles. The van der Waals surface area contributed by atoms with Crippen LogP contribution in [0, 0.1) is 5.92 Å². The van der Waals surface area contributed by atoms with E-state index in [-0.39, 0.29) is 11.9 Å². The molecule has 0 amide bonds. The maximum Gasteiger partial charge on any atom is 0.308 e. The van der Waals surface area contributed by atoms with Gasteiger partial charge in [-0.15, -0.1) is 0 Å². The van der Waals surface area contributed by atoms with Gasteiger partial charge in [-0.05, 0) is 19.3 Å². The normalized spacial score (nSPS) is 12.5. The van der Waals surface area contributed by atoms with Gasteiger partial charge in [-0.1, -0.05) is 46.5 Å². The largest absolute Gasteiger partial charge is 0.465 e. The molecule has 2 nitrogen and oxygen atoms in total. The highest BCUT2D eigenvalue weighted by atomic mass is 16.5. The Morgan fingerprint density at radius 3 is 2.27 bits per heavy atom. The van der Waals surface area contributed by atoms with Crippen LogP contribution in [0.4, 0.5) is 0 Å². The zero-order chi connectivity index (χ0) is 11.5. The lowest BCUT2D eigenvalue weighted by Crippen LogP contribution is -2.18. The van der Waals surface area contributed by atoms with Crippen LogP contribution in [0.3, 0.4) is 0 Å². The smallest absolute Gasteiger partial charge is 0.308 e. The van der Waals surface area contributed by atoms with E-state index in [2.05, 4.69) is 13.8 Å².